The van der Waals surface area contributed by atoms with Gasteiger partial charge in [0.1, 0.15) is 0 Å². The van der Waals surface area contributed by atoms with Crippen molar-refractivity contribution in [1.29, 1.82) is 0 Å². The van der Waals surface area contributed by atoms with Gasteiger partial charge >= 0.3 is 0 Å². The van der Waals surface area contributed by atoms with Crippen LogP contribution in [0.3, 0.4) is 0 Å². The molecule has 88 valence electrons. The molecule has 2 aromatic rings. The standard InChI is InChI=1S/C15H17NO/c16-10-17-13-8-7-12-6-5-11-3-1-2-4-14(11)15(12)9-13/h1-6,13H,7-10,16H2. The molecule has 0 bridgehead atoms. The molecule has 0 fully saturated rings. The summed E-state index contributed by atoms with van der Waals surface area (Å²) in [4.78, 5) is 0. The minimum atomic E-state index is 0.290. The minimum absolute atomic E-state index is 0.290. The summed E-state index contributed by atoms with van der Waals surface area (Å²) >= 11 is 0. The van der Waals surface area contributed by atoms with E-state index < -0.39 is 0 Å². The van der Waals surface area contributed by atoms with Gasteiger partial charge in [-0.3, -0.25) is 0 Å². The van der Waals surface area contributed by atoms with Crippen molar-refractivity contribution in [3.63, 3.8) is 0 Å². The topological polar surface area (TPSA) is 35.2 Å². The Bertz CT molecular complexity index is 535. The van der Waals surface area contributed by atoms with Crippen molar-refractivity contribution in [3.8, 4) is 0 Å². The minimum Gasteiger partial charge on any atom is -0.363 e. The highest BCUT2D eigenvalue weighted by Gasteiger charge is 2.20. The molecule has 1 aliphatic rings. The van der Waals surface area contributed by atoms with E-state index in [0.717, 1.165) is 19.3 Å². The second kappa shape index (κ2) is 4.47. The SMILES string of the molecule is NCOC1CCc2ccc3ccccc3c2C1. The van der Waals surface area contributed by atoms with Crippen molar-refractivity contribution in [2.24, 2.45) is 5.73 Å². The fourth-order valence-corrected chi connectivity index (χ4v) is 2.78. The molecule has 0 heterocycles. The average Bonchev–Trinajstić information content (AvgIpc) is 2.39. The van der Waals surface area contributed by atoms with Crippen LogP contribution in [0.2, 0.25) is 0 Å². The summed E-state index contributed by atoms with van der Waals surface area (Å²) in [6.45, 7) is 0.324. The van der Waals surface area contributed by atoms with Crippen molar-refractivity contribution in [2.45, 2.75) is 25.4 Å². The van der Waals surface area contributed by atoms with E-state index in [1.807, 2.05) is 0 Å². The van der Waals surface area contributed by atoms with Gasteiger partial charge in [0.05, 0.1) is 12.8 Å². The van der Waals surface area contributed by atoms with Crippen molar-refractivity contribution >= 4 is 10.8 Å². The molecule has 1 unspecified atom stereocenters. The van der Waals surface area contributed by atoms with Crippen LogP contribution in [0.15, 0.2) is 36.4 Å². The van der Waals surface area contributed by atoms with Crippen molar-refractivity contribution < 1.29 is 4.74 Å². The number of aryl methyl sites for hydroxylation is 1. The molecule has 0 saturated heterocycles. The van der Waals surface area contributed by atoms with E-state index in [2.05, 4.69) is 36.4 Å². The van der Waals surface area contributed by atoms with Gasteiger partial charge < -0.3 is 10.5 Å². The van der Waals surface area contributed by atoms with Crippen molar-refractivity contribution in [1.82, 2.24) is 0 Å². The summed E-state index contributed by atoms with van der Waals surface area (Å²) in [5, 5.41) is 2.69. The summed E-state index contributed by atoms with van der Waals surface area (Å²) in [5.74, 6) is 0. The van der Waals surface area contributed by atoms with E-state index in [4.69, 9.17) is 10.5 Å². The summed E-state index contributed by atoms with van der Waals surface area (Å²) in [6, 6.07) is 13.1. The van der Waals surface area contributed by atoms with Crippen LogP contribution < -0.4 is 5.73 Å². The first kappa shape index (κ1) is 10.8. The summed E-state index contributed by atoms with van der Waals surface area (Å²) in [7, 11) is 0. The van der Waals surface area contributed by atoms with Gasteiger partial charge in [-0.1, -0.05) is 36.4 Å². The predicted molar refractivity (Wildman–Crippen MR) is 69.9 cm³/mol. The zero-order valence-electron chi connectivity index (χ0n) is 9.86. The fraction of sp³-hybridized carbons (Fsp3) is 0.333. The third-order valence-corrected chi connectivity index (χ3v) is 3.64. The zero-order valence-corrected chi connectivity index (χ0v) is 9.86. The molecule has 3 rings (SSSR count). The maximum Gasteiger partial charge on any atom is 0.0944 e. The number of rotatable bonds is 2. The van der Waals surface area contributed by atoms with Gasteiger partial charge in [-0.2, -0.15) is 0 Å². The first-order valence-electron chi connectivity index (χ1n) is 6.19. The molecule has 1 aliphatic carbocycles. The summed E-state index contributed by atoms with van der Waals surface area (Å²) in [5.41, 5.74) is 8.39. The molecule has 0 spiro atoms. The third-order valence-electron chi connectivity index (χ3n) is 3.64. The monoisotopic (exact) mass is 227 g/mol. The molecule has 0 saturated carbocycles. The van der Waals surface area contributed by atoms with E-state index in [-0.39, 0.29) is 0 Å². The van der Waals surface area contributed by atoms with Gasteiger partial charge in [-0.15, -0.1) is 0 Å². The lowest BCUT2D eigenvalue weighted by Crippen LogP contribution is -2.25. The van der Waals surface area contributed by atoms with E-state index in [9.17, 15) is 0 Å². The molecular weight excluding hydrogens is 210 g/mol. The van der Waals surface area contributed by atoms with E-state index in [0.29, 0.717) is 12.8 Å². The number of fused-ring (bicyclic) bond motifs is 3. The first-order chi connectivity index (χ1) is 8.38. The Kier molecular flexibility index (Phi) is 2.83. The smallest absolute Gasteiger partial charge is 0.0944 e. The number of benzene rings is 2. The average molecular weight is 227 g/mol. The lowest BCUT2D eigenvalue weighted by molar-refractivity contribution is 0.0490. The molecule has 0 aliphatic heterocycles. The Hall–Kier alpha value is -1.38. The maximum absolute atomic E-state index is 5.57. The quantitative estimate of drug-likeness (QED) is 0.800. The normalized spacial score (nSPS) is 19.2. The Morgan fingerprint density at radius 2 is 2.06 bits per heavy atom. The zero-order chi connectivity index (χ0) is 11.7. The summed E-state index contributed by atoms with van der Waals surface area (Å²) in [6.07, 6.45) is 3.47. The lowest BCUT2D eigenvalue weighted by Gasteiger charge is -2.25. The molecule has 0 radical (unpaired) electrons. The fourth-order valence-electron chi connectivity index (χ4n) is 2.78. The summed E-state index contributed by atoms with van der Waals surface area (Å²) < 4.78 is 5.57. The van der Waals surface area contributed by atoms with E-state index in [1.165, 1.54) is 21.9 Å². The molecular formula is C15H17NO. The first-order valence-corrected chi connectivity index (χ1v) is 6.19. The molecule has 2 nitrogen and oxygen atoms in total. The highest BCUT2D eigenvalue weighted by atomic mass is 16.5. The van der Waals surface area contributed by atoms with Crippen molar-refractivity contribution in [2.75, 3.05) is 6.73 Å². The third kappa shape index (κ3) is 1.94. The predicted octanol–water partition coefficient (Wildman–Crippen LogP) is 2.63. The van der Waals surface area contributed by atoms with Crippen molar-refractivity contribution in [3.05, 3.63) is 47.5 Å². The van der Waals surface area contributed by atoms with Crippen LogP contribution in [0.4, 0.5) is 0 Å². The Labute approximate surface area is 101 Å². The number of hydrogen-bond acceptors (Lipinski definition) is 2. The van der Waals surface area contributed by atoms with Crippen LogP contribution in [0.1, 0.15) is 17.5 Å². The van der Waals surface area contributed by atoms with Crippen LogP contribution in [-0.4, -0.2) is 12.8 Å². The number of hydrogen-bond donors (Lipinski definition) is 1. The Balaban J connectivity index is 2.06. The van der Waals surface area contributed by atoms with Gasteiger partial charge in [0.25, 0.3) is 0 Å². The largest absolute Gasteiger partial charge is 0.363 e. The van der Waals surface area contributed by atoms with Crippen LogP contribution in [0, 0.1) is 0 Å². The van der Waals surface area contributed by atoms with Crippen LogP contribution in [-0.2, 0) is 17.6 Å². The van der Waals surface area contributed by atoms with E-state index >= 15 is 0 Å². The molecule has 17 heavy (non-hydrogen) atoms. The van der Waals surface area contributed by atoms with Crippen LogP contribution in [0.5, 0.6) is 0 Å². The van der Waals surface area contributed by atoms with Gasteiger partial charge in [-0.05, 0) is 41.2 Å². The Morgan fingerprint density at radius 3 is 2.94 bits per heavy atom. The Morgan fingerprint density at radius 1 is 1.18 bits per heavy atom. The molecule has 0 amide bonds. The van der Waals surface area contributed by atoms with Gasteiger partial charge in [0, 0.05) is 0 Å². The number of ether oxygens (including phenoxy) is 1. The molecule has 0 aromatic heterocycles. The lowest BCUT2D eigenvalue weighted by atomic mass is 9.86. The van der Waals surface area contributed by atoms with Crippen LogP contribution >= 0.6 is 0 Å². The highest BCUT2D eigenvalue weighted by Crippen LogP contribution is 2.29. The van der Waals surface area contributed by atoms with Gasteiger partial charge in [0.2, 0.25) is 0 Å². The highest BCUT2D eigenvalue weighted by molar-refractivity contribution is 5.87. The molecule has 1 atom stereocenters. The van der Waals surface area contributed by atoms with Gasteiger partial charge in [-0.25, -0.2) is 0 Å². The maximum atomic E-state index is 5.57. The molecule has 2 N–H and O–H groups in total. The van der Waals surface area contributed by atoms with E-state index in [1.54, 1.807) is 0 Å². The second-order valence-corrected chi connectivity index (χ2v) is 4.62. The molecule has 2 aromatic carbocycles. The van der Waals surface area contributed by atoms with Gasteiger partial charge in [0.15, 0.2) is 0 Å². The number of nitrogens with two attached hydrogens (primary N) is 1. The molecule has 2 heteroatoms. The van der Waals surface area contributed by atoms with Crippen LogP contribution in [0.25, 0.3) is 10.8 Å². The second-order valence-electron chi connectivity index (χ2n) is 4.62.